The Morgan fingerprint density at radius 1 is 1.38 bits per heavy atom. The highest BCUT2D eigenvalue weighted by Gasteiger charge is 2.23. The van der Waals surface area contributed by atoms with Gasteiger partial charge < -0.3 is 0 Å². The summed E-state index contributed by atoms with van der Waals surface area (Å²) >= 11 is 0. The summed E-state index contributed by atoms with van der Waals surface area (Å²) in [6, 6.07) is 0. The highest BCUT2D eigenvalue weighted by Crippen LogP contribution is 2.35. The first-order chi connectivity index (χ1) is 7.29. The van der Waals surface area contributed by atoms with Crippen LogP contribution in [0.15, 0.2) is 12.2 Å². The second-order valence-corrected chi connectivity index (χ2v) is 7.05. The number of unbranched alkanes of at least 4 members (excludes halogenated alkanes) is 1. The summed E-state index contributed by atoms with van der Waals surface area (Å²) in [5.74, 6) is 0.570. The summed E-state index contributed by atoms with van der Waals surface area (Å²) in [6.07, 6.45) is 9.29. The van der Waals surface area contributed by atoms with Crippen molar-refractivity contribution in [3.63, 3.8) is 0 Å². The fraction of sp³-hybridized carbons (Fsp3) is 0.833. The van der Waals surface area contributed by atoms with Gasteiger partial charge in [0.1, 0.15) is 0 Å². The highest BCUT2D eigenvalue weighted by atomic mass is 32.2. The summed E-state index contributed by atoms with van der Waals surface area (Å²) in [4.78, 5) is 0. The molecule has 0 radical (unpaired) electrons. The number of hydrogen-bond donors (Lipinski definition) is 1. The van der Waals surface area contributed by atoms with Crippen molar-refractivity contribution in [2.75, 3.05) is 5.75 Å². The third-order valence-electron chi connectivity index (χ3n) is 3.12. The molecular formula is C12H22O3S. The van der Waals surface area contributed by atoms with Gasteiger partial charge in [-0.05, 0) is 30.6 Å². The lowest BCUT2D eigenvalue weighted by molar-refractivity contribution is 0.294. The topological polar surface area (TPSA) is 54.4 Å². The second kappa shape index (κ2) is 5.32. The minimum atomic E-state index is -3.76. The molecule has 0 aromatic heterocycles. The van der Waals surface area contributed by atoms with Gasteiger partial charge in [0.25, 0.3) is 10.1 Å². The zero-order chi connectivity index (χ0) is 12.2. The zero-order valence-electron chi connectivity index (χ0n) is 10.1. The lowest BCUT2D eigenvalue weighted by Gasteiger charge is -2.30. The summed E-state index contributed by atoms with van der Waals surface area (Å²) in [5, 5.41) is 0. The van der Waals surface area contributed by atoms with Gasteiger partial charge in [0.2, 0.25) is 0 Å². The Morgan fingerprint density at radius 3 is 2.62 bits per heavy atom. The highest BCUT2D eigenvalue weighted by molar-refractivity contribution is 7.85. The first-order valence-corrected chi connectivity index (χ1v) is 7.52. The molecule has 0 saturated heterocycles. The SMILES string of the molecule is CC1(C)C=CCC(CCCCS(=O)(=O)O)C1. The Balaban J connectivity index is 2.22. The molecule has 0 saturated carbocycles. The van der Waals surface area contributed by atoms with Crippen molar-refractivity contribution in [3.05, 3.63) is 12.2 Å². The van der Waals surface area contributed by atoms with Gasteiger partial charge in [-0.25, -0.2) is 0 Å². The molecule has 1 unspecified atom stereocenters. The summed E-state index contributed by atoms with van der Waals surface area (Å²) in [7, 11) is -3.76. The van der Waals surface area contributed by atoms with E-state index >= 15 is 0 Å². The minimum Gasteiger partial charge on any atom is -0.286 e. The van der Waals surface area contributed by atoms with Gasteiger partial charge in [-0.1, -0.05) is 38.8 Å². The van der Waals surface area contributed by atoms with E-state index in [1.807, 2.05) is 0 Å². The second-order valence-electron chi connectivity index (χ2n) is 5.48. The molecule has 0 amide bonds. The van der Waals surface area contributed by atoms with E-state index in [0.717, 1.165) is 19.3 Å². The third-order valence-corrected chi connectivity index (χ3v) is 3.92. The van der Waals surface area contributed by atoms with E-state index in [9.17, 15) is 8.42 Å². The number of rotatable bonds is 5. The number of allylic oxidation sites excluding steroid dienone is 2. The molecule has 1 atom stereocenters. The molecule has 1 N–H and O–H groups in total. The van der Waals surface area contributed by atoms with Crippen LogP contribution in [0.5, 0.6) is 0 Å². The Labute approximate surface area is 98.7 Å². The third kappa shape index (κ3) is 5.66. The Morgan fingerprint density at radius 2 is 2.06 bits per heavy atom. The summed E-state index contributed by atoms with van der Waals surface area (Å²) < 4.78 is 29.7. The monoisotopic (exact) mass is 246 g/mol. The van der Waals surface area contributed by atoms with E-state index in [2.05, 4.69) is 26.0 Å². The van der Waals surface area contributed by atoms with Crippen molar-refractivity contribution in [2.45, 2.75) is 46.0 Å². The molecular weight excluding hydrogens is 224 g/mol. The van der Waals surface area contributed by atoms with E-state index in [4.69, 9.17) is 4.55 Å². The molecule has 0 fully saturated rings. The standard InChI is InChI=1S/C12H22O3S/c1-12(2)8-5-7-11(10-12)6-3-4-9-16(13,14)15/h5,8,11H,3-4,6-7,9-10H2,1-2H3,(H,13,14,15). The van der Waals surface area contributed by atoms with Gasteiger partial charge in [0, 0.05) is 0 Å². The predicted molar refractivity (Wildman–Crippen MR) is 65.9 cm³/mol. The molecule has 1 aliphatic carbocycles. The predicted octanol–water partition coefficient (Wildman–Crippen LogP) is 3.04. The molecule has 3 nitrogen and oxygen atoms in total. The first kappa shape index (κ1) is 13.7. The van der Waals surface area contributed by atoms with Crippen LogP contribution in [-0.2, 0) is 10.1 Å². The van der Waals surface area contributed by atoms with E-state index in [-0.39, 0.29) is 11.2 Å². The minimum absolute atomic E-state index is 0.0983. The maximum atomic E-state index is 10.5. The van der Waals surface area contributed by atoms with Crippen molar-refractivity contribution < 1.29 is 13.0 Å². The smallest absolute Gasteiger partial charge is 0.264 e. The van der Waals surface area contributed by atoms with Crippen LogP contribution < -0.4 is 0 Å². The quantitative estimate of drug-likeness (QED) is 0.461. The van der Waals surface area contributed by atoms with Crippen LogP contribution in [0.2, 0.25) is 0 Å². The lowest BCUT2D eigenvalue weighted by Crippen LogP contribution is -2.18. The van der Waals surface area contributed by atoms with Crippen LogP contribution in [-0.4, -0.2) is 18.7 Å². The van der Waals surface area contributed by atoms with Gasteiger partial charge in [-0.15, -0.1) is 0 Å². The molecule has 0 aromatic carbocycles. The largest absolute Gasteiger partial charge is 0.286 e. The van der Waals surface area contributed by atoms with Crippen molar-refractivity contribution >= 4 is 10.1 Å². The van der Waals surface area contributed by atoms with Crippen LogP contribution in [0.1, 0.15) is 46.0 Å². The Bertz CT molecular complexity index is 341. The molecule has 16 heavy (non-hydrogen) atoms. The van der Waals surface area contributed by atoms with E-state index < -0.39 is 10.1 Å². The lowest BCUT2D eigenvalue weighted by atomic mass is 9.75. The molecule has 1 rings (SSSR count). The maximum absolute atomic E-state index is 10.5. The van der Waals surface area contributed by atoms with Crippen molar-refractivity contribution in [1.29, 1.82) is 0 Å². The Hall–Kier alpha value is -0.350. The van der Waals surface area contributed by atoms with E-state index in [0.29, 0.717) is 12.3 Å². The van der Waals surface area contributed by atoms with Crippen molar-refractivity contribution in [3.8, 4) is 0 Å². The summed E-state index contributed by atoms with van der Waals surface area (Å²) in [6.45, 7) is 4.46. The average Bonchev–Trinajstić information content (AvgIpc) is 2.09. The zero-order valence-corrected chi connectivity index (χ0v) is 11.0. The Kier molecular flexibility index (Phi) is 4.56. The van der Waals surface area contributed by atoms with Gasteiger partial charge in [-0.3, -0.25) is 4.55 Å². The first-order valence-electron chi connectivity index (χ1n) is 5.91. The number of hydrogen-bond acceptors (Lipinski definition) is 2. The van der Waals surface area contributed by atoms with Crippen molar-refractivity contribution in [1.82, 2.24) is 0 Å². The summed E-state index contributed by atoms with van der Waals surface area (Å²) in [5.41, 5.74) is 0.284. The van der Waals surface area contributed by atoms with Crippen LogP contribution >= 0.6 is 0 Å². The van der Waals surface area contributed by atoms with Crippen LogP contribution in [0, 0.1) is 11.3 Å². The molecule has 0 heterocycles. The molecule has 4 heteroatoms. The van der Waals surface area contributed by atoms with Crippen molar-refractivity contribution in [2.24, 2.45) is 11.3 Å². The molecule has 0 aliphatic heterocycles. The maximum Gasteiger partial charge on any atom is 0.264 e. The van der Waals surface area contributed by atoms with Gasteiger partial charge in [0.15, 0.2) is 0 Å². The molecule has 1 aliphatic rings. The van der Waals surface area contributed by atoms with E-state index in [1.54, 1.807) is 0 Å². The van der Waals surface area contributed by atoms with Crippen LogP contribution in [0.4, 0.5) is 0 Å². The fourth-order valence-electron chi connectivity index (χ4n) is 2.41. The fourth-order valence-corrected chi connectivity index (χ4v) is 2.98. The van der Waals surface area contributed by atoms with Gasteiger partial charge >= 0.3 is 0 Å². The van der Waals surface area contributed by atoms with Crippen LogP contribution in [0.25, 0.3) is 0 Å². The molecule has 0 spiro atoms. The average molecular weight is 246 g/mol. The molecule has 94 valence electrons. The normalized spacial score (nSPS) is 24.6. The molecule has 0 aromatic rings. The van der Waals surface area contributed by atoms with Crippen LogP contribution in [0.3, 0.4) is 0 Å². The molecule has 0 bridgehead atoms. The van der Waals surface area contributed by atoms with Gasteiger partial charge in [0.05, 0.1) is 5.75 Å². The van der Waals surface area contributed by atoms with Gasteiger partial charge in [-0.2, -0.15) is 8.42 Å². The van der Waals surface area contributed by atoms with E-state index in [1.165, 1.54) is 6.42 Å².